The second-order valence-electron chi connectivity index (χ2n) is 4.67. The van der Waals surface area contributed by atoms with Gasteiger partial charge in [-0.15, -0.1) is 0 Å². The van der Waals surface area contributed by atoms with Crippen molar-refractivity contribution in [2.24, 2.45) is 0 Å². The summed E-state index contributed by atoms with van der Waals surface area (Å²) >= 11 is 0. The van der Waals surface area contributed by atoms with Gasteiger partial charge >= 0.3 is 0 Å². The van der Waals surface area contributed by atoms with Gasteiger partial charge in [-0.25, -0.2) is 4.39 Å². The van der Waals surface area contributed by atoms with Gasteiger partial charge in [0.25, 0.3) is 0 Å². The zero-order chi connectivity index (χ0) is 12.6. The first kappa shape index (κ1) is 11.1. The van der Waals surface area contributed by atoms with Crippen LogP contribution in [0.4, 0.5) is 4.39 Å². The number of carbonyl (C=O) groups is 1. The van der Waals surface area contributed by atoms with Crippen LogP contribution in [0.2, 0.25) is 0 Å². The van der Waals surface area contributed by atoms with Crippen molar-refractivity contribution in [2.75, 3.05) is 0 Å². The molecule has 0 amide bonds. The number of carbonyl (C=O) groups excluding carboxylic acids is 1. The van der Waals surface area contributed by atoms with Gasteiger partial charge in [0.2, 0.25) is 0 Å². The minimum Gasteiger partial charge on any atom is -0.293 e. The molecule has 3 heteroatoms. The zero-order valence-corrected chi connectivity index (χ0v) is 9.77. The van der Waals surface area contributed by atoms with E-state index in [9.17, 15) is 9.18 Å². The van der Waals surface area contributed by atoms with Gasteiger partial charge in [-0.3, -0.25) is 9.78 Å². The van der Waals surface area contributed by atoms with E-state index in [2.05, 4.69) is 4.98 Å². The molecule has 0 bridgehead atoms. The molecule has 1 heterocycles. The SMILES string of the molecule is O=C(c1cncc(F)c1)C1(c2ccccc2)CC1. The van der Waals surface area contributed by atoms with Crippen LogP contribution in [-0.4, -0.2) is 10.8 Å². The van der Waals surface area contributed by atoms with Crippen molar-refractivity contribution < 1.29 is 9.18 Å². The summed E-state index contributed by atoms with van der Waals surface area (Å²) in [6.45, 7) is 0. The molecule has 0 aliphatic heterocycles. The van der Waals surface area contributed by atoms with E-state index in [1.54, 1.807) is 0 Å². The van der Waals surface area contributed by atoms with Gasteiger partial charge in [-0.2, -0.15) is 0 Å². The third kappa shape index (κ3) is 1.72. The number of hydrogen-bond acceptors (Lipinski definition) is 2. The Hall–Kier alpha value is -2.03. The van der Waals surface area contributed by atoms with Crippen molar-refractivity contribution in [1.82, 2.24) is 4.98 Å². The first-order valence-corrected chi connectivity index (χ1v) is 5.93. The number of pyridine rings is 1. The lowest BCUT2D eigenvalue weighted by Crippen LogP contribution is -2.20. The molecule has 1 aliphatic carbocycles. The predicted octanol–water partition coefficient (Wildman–Crippen LogP) is 3.14. The maximum absolute atomic E-state index is 13.1. The fourth-order valence-corrected chi connectivity index (χ4v) is 2.34. The largest absolute Gasteiger partial charge is 0.293 e. The number of benzene rings is 1. The molecule has 18 heavy (non-hydrogen) atoms. The van der Waals surface area contributed by atoms with Crippen molar-refractivity contribution in [3.05, 3.63) is 65.7 Å². The Kier molecular flexibility index (Phi) is 2.47. The van der Waals surface area contributed by atoms with Gasteiger partial charge in [-0.1, -0.05) is 30.3 Å². The highest BCUT2D eigenvalue weighted by Crippen LogP contribution is 2.50. The number of hydrogen-bond donors (Lipinski definition) is 0. The molecule has 0 unspecified atom stereocenters. The molecule has 1 aliphatic rings. The predicted molar refractivity (Wildman–Crippen MR) is 65.9 cm³/mol. The Morgan fingerprint density at radius 2 is 1.89 bits per heavy atom. The Labute approximate surface area is 104 Å². The lowest BCUT2D eigenvalue weighted by atomic mass is 9.88. The quantitative estimate of drug-likeness (QED) is 0.773. The summed E-state index contributed by atoms with van der Waals surface area (Å²) in [5, 5.41) is 0. The van der Waals surface area contributed by atoms with Crippen LogP contribution in [0, 0.1) is 5.82 Å². The van der Waals surface area contributed by atoms with Crippen LogP contribution < -0.4 is 0 Å². The summed E-state index contributed by atoms with van der Waals surface area (Å²) in [5.74, 6) is -0.495. The molecule has 0 radical (unpaired) electrons. The highest BCUT2D eigenvalue weighted by Gasteiger charge is 2.51. The van der Waals surface area contributed by atoms with Gasteiger partial charge < -0.3 is 0 Å². The lowest BCUT2D eigenvalue weighted by molar-refractivity contribution is 0.0945. The molecule has 1 saturated carbocycles. The Morgan fingerprint density at radius 1 is 1.17 bits per heavy atom. The summed E-state index contributed by atoms with van der Waals surface area (Å²) in [6.07, 6.45) is 4.20. The second-order valence-corrected chi connectivity index (χ2v) is 4.67. The molecular formula is C15H12FNO. The van der Waals surface area contributed by atoms with Gasteiger partial charge in [0.05, 0.1) is 11.6 Å². The van der Waals surface area contributed by atoms with Crippen molar-refractivity contribution >= 4 is 5.78 Å². The van der Waals surface area contributed by atoms with Crippen LogP contribution >= 0.6 is 0 Å². The fourth-order valence-electron chi connectivity index (χ4n) is 2.34. The zero-order valence-electron chi connectivity index (χ0n) is 9.77. The van der Waals surface area contributed by atoms with Gasteiger partial charge in [0, 0.05) is 11.8 Å². The first-order chi connectivity index (χ1) is 8.72. The number of aromatic nitrogens is 1. The Bertz CT molecular complexity index is 590. The number of nitrogens with zero attached hydrogens (tertiary/aromatic N) is 1. The molecule has 2 aromatic rings. The summed E-state index contributed by atoms with van der Waals surface area (Å²) in [7, 11) is 0. The molecule has 0 atom stereocenters. The van der Waals surface area contributed by atoms with Crippen LogP contribution in [0.15, 0.2) is 48.8 Å². The van der Waals surface area contributed by atoms with Crippen LogP contribution in [0.5, 0.6) is 0 Å². The summed E-state index contributed by atoms with van der Waals surface area (Å²) in [5.41, 5.74) is 0.923. The second kappa shape index (κ2) is 4.02. The molecule has 90 valence electrons. The van der Waals surface area contributed by atoms with E-state index >= 15 is 0 Å². The topological polar surface area (TPSA) is 30.0 Å². The van der Waals surface area contributed by atoms with E-state index in [0.717, 1.165) is 24.6 Å². The molecule has 0 spiro atoms. The Morgan fingerprint density at radius 3 is 2.50 bits per heavy atom. The number of ketones is 1. The fraction of sp³-hybridized carbons (Fsp3) is 0.200. The maximum atomic E-state index is 13.1. The number of rotatable bonds is 3. The summed E-state index contributed by atoms with van der Waals surface area (Å²) in [6, 6.07) is 10.9. The first-order valence-electron chi connectivity index (χ1n) is 5.93. The lowest BCUT2D eigenvalue weighted by Gasteiger charge is -2.14. The molecule has 2 nitrogen and oxygen atoms in total. The van der Waals surface area contributed by atoms with E-state index in [-0.39, 0.29) is 5.78 Å². The van der Waals surface area contributed by atoms with Crippen molar-refractivity contribution in [1.29, 1.82) is 0 Å². The van der Waals surface area contributed by atoms with Gasteiger partial charge in [-0.05, 0) is 24.5 Å². The minimum atomic E-state index is -0.468. The molecule has 0 saturated heterocycles. The molecule has 3 rings (SSSR count). The average Bonchev–Trinajstić information content (AvgIpc) is 3.20. The maximum Gasteiger partial charge on any atom is 0.175 e. The smallest absolute Gasteiger partial charge is 0.175 e. The molecule has 0 N–H and O–H groups in total. The average molecular weight is 241 g/mol. The van der Waals surface area contributed by atoms with Crippen LogP contribution in [0.1, 0.15) is 28.8 Å². The molecular weight excluding hydrogens is 229 g/mol. The van der Waals surface area contributed by atoms with E-state index < -0.39 is 11.2 Å². The van der Waals surface area contributed by atoms with Crippen LogP contribution in [0.25, 0.3) is 0 Å². The van der Waals surface area contributed by atoms with Gasteiger partial charge in [0.1, 0.15) is 5.82 Å². The van der Waals surface area contributed by atoms with Crippen LogP contribution in [-0.2, 0) is 5.41 Å². The third-order valence-electron chi connectivity index (χ3n) is 3.48. The standard InChI is InChI=1S/C15H12FNO/c16-13-8-11(9-17-10-13)14(18)15(6-7-15)12-4-2-1-3-5-12/h1-5,8-10H,6-7H2. The monoisotopic (exact) mass is 241 g/mol. The van der Waals surface area contributed by atoms with E-state index in [4.69, 9.17) is 0 Å². The van der Waals surface area contributed by atoms with Crippen LogP contribution in [0.3, 0.4) is 0 Å². The van der Waals surface area contributed by atoms with Gasteiger partial charge in [0.15, 0.2) is 5.78 Å². The number of Topliss-reactive ketones (excluding diaryl/α,β-unsaturated/α-hetero) is 1. The molecule has 1 aromatic carbocycles. The molecule has 1 fully saturated rings. The normalized spacial score (nSPS) is 16.3. The highest BCUT2D eigenvalue weighted by molar-refractivity contribution is 6.05. The summed E-state index contributed by atoms with van der Waals surface area (Å²) in [4.78, 5) is 16.2. The van der Waals surface area contributed by atoms with E-state index in [1.807, 2.05) is 30.3 Å². The highest BCUT2D eigenvalue weighted by atomic mass is 19.1. The minimum absolute atomic E-state index is 0.0271. The van der Waals surface area contributed by atoms with Crippen molar-refractivity contribution in [2.45, 2.75) is 18.3 Å². The van der Waals surface area contributed by atoms with Crippen molar-refractivity contribution in [3.8, 4) is 0 Å². The third-order valence-corrected chi connectivity index (χ3v) is 3.48. The van der Waals surface area contributed by atoms with Crippen molar-refractivity contribution in [3.63, 3.8) is 0 Å². The van der Waals surface area contributed by atoms with E-state index in [0.29, 0.717) is 5.56 Å². The number of halogens is 1. The summed E-state index contributed by atoms with van der Waals surface area (Å²) < 4.78 is 13.1. The molecule has 1 aromatic heterocycles. The Balaban J connectivity index is 1.98. The van der Waals surface area contributed by atoms with E-state index in [1.165, 1.54) is 12.3 Å².